The minimum atomic E-state index is -3.52. The maximum Gasteiger partial charge on any atom is 0.176 e. The van der Waals surface area contributed by atoms with E-state index in [1.807, 2.05) is 0 Å². The van der Waals surface area contributed by atoms with Gasteiger partial charge in [-0.15, -0.1) is 0 Å². The molecule has 12 nitrogen and oxygen atoms in total. The first-order valence-electron chi connectivity index (χ1n) is 13.3. The van der Waals surface area contributed by atoms with E-state index in [0.717, 1.165) is 0 Å². The van der Waals surface area contributed by atoms with Crippen molar-refractivity contribution in [3.63, 3.8) is 0 Å². The normalized spacial score (nSPS) is 26.2. The first kappa shape index (κ1) is 30.3. The topological polar surface area (TPSA) is 146 Å². The van der Waals surface area contributed by atoms with Gasteiger partial charge < -0.3 is 18.9 Å². The van der Waals surface area contributed by atoms with E-state index in [0.29, 0.717) is 34.1 Å². The highest BCUT2D eigenvalue weighted by atomic mass is 32.2. The number of carbonyl (C=O) groups excluding carboxylic acids is 2. The van der Waals surface area contributed by atoms with Crippen LogP contribution in [0.5, 0.6) is 23.0 Å². The predicted molar refractivity (Wildman–Crippen MR) is 154 cm³/mol. The molecule has 3 aliphatic rings. The molecular weight excluding hydrogens is 588 g/mol. The number of benzene rings is 2. The molecule has 0 radical (unpaired) electrons. The van der Waals surface area contributed by atoms with Gasteiger partial charge in [0, 0.05) is 35.3 Å². The SMILES string of the molecule is COc1ccc(C(=O)CN2[C@@H]3CS(=O)(=O)C[C@@H]3N(CC(=O)c3ccc(OC)c(OC)c3)[C@H]3CS(=O)(=O)C[C@@H]32)cc1OC. The second kappa shape index (κ2) is 11.5. The number of hydrogen-bond donors (Lipinski definition) is 0. The van der Waals surface area contributed by atoms with E-state index in [4.69, 9.17) is 18.9 Å². The zero-order chi connectivity index (χ0) is 30.4. The van der Waals surface area contributed by atoms with Gasteiger partial charge >= 0.3 is 0 Å². The van der Waals surface area contributed by atoms with Crippen LogP contribution in [0.1, 0.15) is 20.7 Å². The van der Waals surface area contributed by atoms with Crippen molar-refractivity contribution in [2.45, 2.75) is 24.2 Å². The van der Waals surface area contributed by atoms with Crippen molar-refractivity contribution in [1.82, 2.24) is 9.80 Å². The van der Waals surface area contributed by atoms with Gasteiger partial charge in [-0.1, -0.05) is 0 Å². The average molecular weight is 623 g/mol. The van der Waals surface area contributed by atoms with E-state index in [9.17, 15) is 26.4 Å². The fourth-order valence-corrected chi connectivity index (χ4v) is 10.4. The second-order valence-electron chi connectivity index (χ2n) is 10.8. The lowest BCUT2D eigenvalue weighted by atomic mass is 9.92. The van der Waals surface area contributed by atoms with E-state index in [1.165, 1.54) is 28.4 Å². The predicted octanol–water partition coefficient (Wildman–Crippen LogP) is 0.735. The number of rotatable bonds is 10. The van der Waals surface area contributed by atoms with Crippen LogP contribution in [0, 0.1) is 0 Å². The molecule has 0 unspecified atom stereocenters. The van der Waals surface area contributed by atoms with E-state index < -0.39 is 43.8 Å². The van der Waals surface area contributed by atoms with Gasteiger partial charge in [0.05, 0.1) is 64.5 Å². The van der Waals surface area contributed by atoms with E-state index in [1.54, 1.807) is 46.2 Å². The molecule has 0 spiro atoms. The molecule has 0 bridgehead atoms. The first-order valence-corrected chi connectivity index (χ1v) is 17.0. The van der Waals surface area contributed by atoms with Crippen LogP contribution >= 0.6 is 0 Å². The standard InChI is InChI=1S/C28H34N2O10S2/c1-37-25-7-5-17(9-27(25)39-3)23(31)11-29-19-13-41(33,34)15-21(19)30(22-16-42(35,36)14-20(22)29)12-24(32)18-6-8-26(38-2)28(10-18)40-4/h5-10,19-22H,11-16H2,1-4H3/t19-,20-,21-,22+/m0/s1. The Morgan fingerprint density at radius 3 is 1.19 bits per heavy atom. The summed E-state index contributed by atoms with van der Waals surface area (Å²) < 4.78 is 73.0. The van der Waals surface area contributed by atoms with Crippen LogP contribution in [-0.2, 0) is 19.7 Å². The molecule has 0 saturated carbocycles. The van der Waals surface area contributed by atoms with Crippen molar-refractivity contribution < 1.29 is 45.4 Å². The molecule has 5 rings (SSSR count). The van der Waals surface area contributed by atoms with E-state index in [2.05, 4.69) is 0 Å². The molecule has 3 saturated heterocycles. The second-order valence-corrected chi connectivity index (χ2v) is 15.1. The van der Waals surface area contributed by atoms with E-state index in [-0.39, 0.29) is 47.7 Å². The van der Waals surface area contributed by atoms with Crippen LogP contribution in [0.15, 0.2) is 36.4 Å². The molecule has 2 aromatic carbocycles. The van der Waals surface area contributed by atoms with E-state index >= 15 is 0 Å². The molecular formula is C28H34N2O10S2. The number of ether oxygens (including phenoxy) is 4. The summed E-state index contributed by atoms with van der Waals surface area (Å²) in [4.78, 5) is 30.5. The Morgan fingerprint density at radius 2 is 0.905 bits per heavy atom. The Hall–Kier alpha value is -3.20. The molecule has 3 heterocycles. The molecule has 14 heteroatoms. The lowest BCUT2D eigenvalue weighted by Crippen LogP contribution is -2.69. The van der Waals surface area contributed by atoms with Crippen LogP contribution in [-0.4, -0.2) is 127 Å². The third-order valence-electron chi connectivity index (χ3n) is 8.35. The molecule has 3 fully saturated rings. The Balaban J connectivity index is 1.47. The van der Waals surface area contributed by atoms with Crippen molar-refractivity contribution in [2.75, 3.05) is 64.5 Å². The number of sulfone groups is 2. The van der Waals surface area contributed by atoms with Gasteiger partial charge in [-0.3, -0.25) is 19.4 Å². The van der Waals surface area contributed by atoms with Crippen molar-refractivity contribution in [2.24, 2.45) is 0 Å². The number of nitrogens with zero attached hydrogens (tertiary/aromatic N) is 2. The molecule has 0 aliphatic carbocycles. The molecule has 4 atom stereocenters. The van der Waals surface area contributed by atoms with Crippen LogP contribution in [0.25, 0.3) is 0 Å². The summed E-state index contributed by atoms with van der Waals surface area (Å²) in [6.45, 7) is -0.360. The fourth-order valence-electron chi connectivity index (χ4n) is 6.38. The third kappa shape index (κ3) is 5.72. The summed E-state index contributed by atoms with van der Waals surface area (Å²) in [7, 11) is -1.17. The highest BCUT2D eigenvalue weighted by Crippen LogP contribution is 2.38. The Labute approximate surface area is 245 Å². The molecule has 2 aromatic rings. The maximum absolute atomic E-state index is 13.5. The molecule has 42 heavy (non-hydrogen) atoms. The number of piperazine rings is 1. The summed E-state index contributed by atoms with van der Waals surface area (Å²) in [5, 5.41) is 0. The number of Topliss-reactive ketones (excluding diaryl/α,β-unsaturated/α-hetero) is 2. The number of fused-ring (bicyclic) bond motifs is 2. The minimum absolute atomic E-state index is 0.180. The summed E-state index contributed by atoms with van der Waals surface area (Å²) in [5.41, 5.74) is 0.655. The lowest BCUT2D eigenvalue weighted by Gasteiger charge is -2.50. The van der Waals surface area contributed by atoms with Crippen molar-refractivity contribution in [3.05, 3.63) is 47.5 Å². The Morgan fingerprint density at radius 1 is 0.595 bits per heavy atom. The minimum Gasteiger partial charge on any atom is -0.493 e. The van der Waals surface area contributed by atoms with Crippen molar-refractivity contribution >= 4 is 31.2 Å². The number of hydrogen-bond acceptors (Lipinski definition) is 12. The van der Waals surface area contributed by atoms with Gasteiger partial charge in [-0.25, -0.2) is 16.8 Å². The number of ketones is 2. The van der Waals surface area contributed by atoms with Gasteiger partial charge in [0.15, 0.2) is 54.2 Å². The summed E-state index contributed by atoms with van der Waals surface area (Å²) >= 11 is 0. The van der Waals surface area contributed by atoms with Crippen LogP contribution in [0.2, 0.25) is 0 Å². The number of methoxy groups -OCH3 is 4. The van der Waals surface area contributed by atoms with Gasteiger partial charge in [0.25, 0.3) is 0 Å². The van der Waals surface area contributed by atoms with Crippen LogP contribution < -0.4 is 18.9 Å². The molecule has 0 aromatic heterocycles. The summed E-state index contributed by atoms with van der Waals surface area (Å²) in [6.07, 6.45) is 0. The molecule has 3 aliphatic heterocycles. The third-order valence-corrected chi connectivity index (χ3v) is 11.8. The molecule has 0 amide bonds. The highest BCUT2D eigenvalue weighted by Gasteiger charge is 2.58. The Kier molecular flexibility index (Phi) is 8.27. The highest BCUT2D eigenvalue weighted by molar-refractivity contribution is 7.92. The monoisotopic (exact) mass is 622 g/mol. The summed E-state index contributed by atoms with van der Waals surface area (Å²) in [6, 6.07) is 6.85. The molecule has 0 N–H and O–H groups in total. The smallest absolute Gasteiger partial charge is 0.176 e. The lowest BCUT2D eigenvalue weighted by molar-refractivity contribution is -0.0177. The fraction of sp³-hybridized carbons (Fsp3) is 0.500. The zero-order valence-electron chi connectivity index (χ0n) is 23.8. The van der Waals surface area contributed by atoms with Gasteiger partial charge in [0.1, 0.15) is 0 Å². The van der Waals surface area contributed by atoms with Crippen LogP contribution in [0.4, 0.5) is 0 Å². The molecule has 228 valence electrons. The van der Waals surface area contributed by atoms with Crippen LogP contribution in [0.3, 0.4) is 0 Å². The van der Waals surface area contributed by atoms with Gasteiger partial charge in [-0.2, -0.15) is 0 Å². The van der Waals surface area contributed by atoms with Gasteiger partial charge in [0.2, 0.25) is 0 Å². The van der Waals surface area contributed by atoms with Crippen molar-refractivity contribution in [3.8, 4) is 23.0 Å². The quantitative estimate of drug-likeness (QED) is 0.345. The summed E-state index contributed by atoms with van der Waals surface area (Å²) in [5.74, 6) is 0.0735. The maximum atomic E-state index is 13.5. The Bertz CT molecular complexity index is 1450. The van der Waals surface area contributed by atoms with Gasteiger partial charge in [-0.05, 0) is 36.4 Å². The zero-order valence-corrected chi connectivity index (χ0v) is 25.4. The van der Waals surface area contributed by atoms with Crippen molar-refractivity contribution in [1.29, 1.82) is 0 Å². The first-order chi connectivity index (χ1) is 19.9. The number of carbonyl (C=O) groups is 2. The average Bonchev–Trinajstić information content (AvgIpc) is 3.47. The largest absolute Gasteiger partial charge is 0.493 e.